The highest BCUT2D eigenvalue weighted by atomic mass is 16.5. The van der Waals surface area contributed by atoms with E-state index >= 15 is 0 Å². The molecule has 1 fully saturated rings. The molecular formula is C13H17NO4. The Balaban J connectivity index is 2.20. The van der Waals surface area contributed by atoms with Crippen molar-refractivity contribution in [2.75, 3.05) is 26.9 Å². The molecule has 1 atom stereocenters. The topological polar surface area (TPSA) is 67.8 Å². The summed E-state index contributed by atoms with van der Waals surface area (Å²) in [5, 5.41) is 13.1. The van der Waals surface area contributed by atoms with Gasteiger partial charge in [-0.25, -0.2) is 0 Å². The molecule has 5 heteroatoms. The van der Waals surface area contributed by atoms with E-state index < -0.39 is 0 Å². The molecule has 1 saturated heterocycles. The number of nitrogens with one attached hydrogen (secondary N) is 1. The molecule has 1 aromatic rings. The van der Waals surface area contributed by atoms with Gasteiger partial charge in [0.05, 0.1) is 20.3 Å². The molecule has 1 aliphatic rings. The Morgan fingerprint density at radius 2 is 2.44 bits per heavy atom. The van der Waals surface area contributed by atoms with E-state index in [9.17, 15) is 9.90 Å². The molecule has 0 radical (unpaired) electrons. The lowest BCUT2D eigenvalue weighted by atomic mass is 10.00. The van der Waals surface area contributed by atoms with Crippen LogP contribution in [-0.2, 0) is 11.2 Å². The number of rotatable bonds is 4. The highest BCUT2D eigenvalue weighted by molar-refractivity contribution is 5.79. The fraction of sp³-hybridized carbons (Fsp3) is 0.462. The summed E-state index contributed by atoms with van der Waals surface area (Å²) in [5.41, 5.74) is 1.34. The number of benzene rings is 1. The summed E-state index contributed by atoms with van der Waals surface area (Å²) in [4.78, 5) is 11.1. The summed E-state index contributed by atoms with van der Waals surface area (Å²) < 4.78 is 10.3. The maximum atomic E-state index is 11.1. The van der Waals surface area contributed by atoms with Gasteiger partial charge in [-0.3, -0.25) is 4.79 Å². The third-order valence-corrected chi connectivity index (χ3v) is 3.03. The number of phenols is 1. The average molecular weight is 251 g/mol. The van der Waals surface area contributed by atoms with Crippen LogP contribution in [0.4, 0.5) is 0 Å². The highest BCUT2D eigenvalue weighted by Crippen LogP contribution is 2.29. The number of ether oxygens (including phenoxy) is 2. The molecule has 18 heavy (non-hydrogen) atoms. The summed E-state index contributed by atoms with van der Waals surface area (Å²) in [6, 6.07) is 3.31. The van der Waals surface area contributed by atoms with Crippen molar-refractivity contribution in [1.29, 1.82) is 0 Å². The summed E-state index contributed by atoms with van der Waals surface area (Å²) in [6.45, 7) is 2.14. The quantitative estimate of drug-likeness (QED) is 0.773. The number of carbonyl (C=O) groups is 1. The van der Waals surface area contributed by atoms with Crippen molar-refractivity contribution in [2.45, 2.75) is 12.5 Å². The first kappa shape index (κ1) is 12.9. The van der Waals surface area contributed by atoms with Crippen molar-refractivity contribution in [3.05, 3.63) is 23.3 Å². The Kier molecular flexibility index (Phi) is 4.17. The number of aromatic hydroxyl groups is 1. The Morgan fingerprint density at radius 3 is 3.06 bits per heavy atom. The predicted molar refractivity (Wildman–Crippen MR) is 66.4 cm³/mol. The van der Waals surface area contributed by atoms with E-state index in [1.807, 2.05) is 0 Å². The normalized spacial score (nSPS) is 19.5. The fourth-order valence-electron chi connectivity index (χ4n) is 2.09. The van der Waals surface area contributed by atoms with Crippen LogP contribution in [0.3, 0.4) is 0 Å². The zero-order chi connectivity index (χ0) is 13.0. The number of phenolic OH excluding ortho intramolecular Hbond substituents is 1. The molecule has 0 bridgehead atoms. The van der Waals surface area contributed by atoms with E-state index in [0.717, 1.165) is 18.4 Å². The number of methoxy groups -OCH3 is 1. The number of hydrogen-bond acceptors (Lipinski definition) is 5. The number of carbonyl (C=O) groups excluding carboxylic acids is 1. The van der Waals surface area contributed by atoms with Crippen molar-refractivity contribution in [3.8, 4) is 11.5 Å². The van der Waals surface area contributed by atoms with Crippen molar-refractivity contribution >= 4 is 6.29 Å². The Bertz CT molecular complexity index is 427. The lowest BCUT2D eigenvalue weighted by Gasteiger charge is -2.24. The molecule has 98 valence electrons. The van der Waals surface area contributed by atoms with Gasteiger partial charge < -0.3 is 19.9 Å². The van der Waals surface area contributed by atoms with E-state index in [1.165, 1.54) is 7.11 Å². The molecule has 0 aliphatic carbocycles. The first-order valence-electron chi connectivity index (χ1n) is 5.90. The molecule has 1 heterocycles. The minimum absolute atomic E-state index is 0.0508. The second-order valence-corrected chi connectivity index (χ2v) is 4.27. The van der Waals surface area contributed by atoms with Crippen molar-refractivity contribution in [3.63, 3.8) is 0 Å². The van der Waals surface area contributed by atoms with E-state index in [4.69, 9.17) is 9.47 Å². The second-order valence-electron chi connectivity index (χ2n) is 4.27. The lowest BCUT2D eigenvalue weighted by molar-refractivity contribution is 0.0769. The second kappa shape index (κ2) is 5.84. The molecule has 0 aromatic heterocycles. The zero-order valence-corrected chi connectivity index (χ0v) is 10.3. The van der Waals surface area contributed by atoms with Gasteiger partial charge in [0.25, 0.3) is 0 Å². The maximum absolute atomic E-state index is 11.1. The Morgan fingerprint density at radius 1 is 1.61 bits per heavy atom. The number of hydrogen-bond donors (Lipinski definition) is 2. The van der Waals surface area contributed by atoms with Gasteiger partial charge >= 0.3 is 0 Å². The average Bonchev–Trinajstić information content (AvgIpc) is 2.40. The zero-order valence-electron chi connectivity index (χ0n) is 10.3. The fourth-order valence-corrected chi connectivity index (χ4v) is 2.09. The monoisotopic (exact) mass is 251 g/mol. The van der Waals surface area contributed by atoms with Gasteiger partial charge in [0.15, 0.2) is 11.5 Å². The van der Waals surface area contributed by atoms with Gasteiger partial charge in [-0.15, -0.1) is 0 Å². The van der Waals surface area contributed by atoms with Gasteiger partial charge in [0, 0.05) is 18.2 Å². The van der Waals surface area contributed by atoms with Crippen LogP contribution in [0.2, 0.25) is 0 Å². The lowest BCUT2D eigenvalue weighted by Crippen LogP contribution is -2.42. The van der Waals surface area contributed by atoms with Crippen LogP contribution in [-0.4, -0.2) is 44.3 Å². The standard InChI is InChI=1S/C13H17NO4/c1-17-13-6-10(7-15)9(5-12(13)16)4-11-8-18-3-2-14-11/h5-7,11,14,16H,2-4,8H2,1H3. The van der Waals surface area contributed by atoms with Crippen LogP contribution in [0, 0.1) is 0 Å². The maximum Gasteiger partial charge on any atom is 0.161 e. The Labute approximate surface area is 106 Å². The molecule has 0 saturated carbocycles. The first-order chi connectivity index (χ1) is 8.74. The third kappa shape index (κ3) is 2.80. The molecule has 1 aromatic carbocycles. The largest absolute Gasteiger partial charge is 0.504 e. The van der Waals surface area contributed by atoms with Crippen LogP contribution < -0.4 is 10.1 Å². The Hall–Kier alpha value is -1.59. The minimum atomic E-state index is 0.0508. The summed E-state index contributed by atoms with van der Waals surface area (Å²) in [6.07, 6.45) is 1.42. The number of morpholine rings is 1. The van der Waals surface area contributed by atoms with Crippen LogP contribution in [0.25, 0.3) is 0 Å². The molecular weight excluding hydrogens is 234 g/mol. The van der Waals surface area contributed by atoms with Crippen molar-refractivity contribution in [2.24, 2.45) is 0 Å². The van der Waals surface area contributed by atoms with Gasteiger partial charge in [0.2, 0.25) is 0 Å². The van der Waals surface area contributed by atoms with Gasteiger partial charge in [0.1, 0.15) is 6.29 Å². The van der Waals surface area contributed by atoms with Gasteiger partial charge in [-0.2, -0.15) is 0 Å². The van der Waals surface area contributed by atoms with E-state index in [0.29, 0.717) is 30.9 Å². The van der Waals surface area contributed by atoms with E-state index in [-0.39, 0.29) is 11.8 Å². The van der Waals surface area contributed by atoms with E-state index in [1.54, 1.807) is 12.1 Å². The first-order valence-corrected chi connectivity index (χ1v) is 5.90. The smallest absolute Gasteiger partial charge is 0.161 e. The highest BCUT2D eigenvalue weighted by Gasteiger charge is 2.17. The molecule has 0 spiro atoms. The van der Waals surface area contributed by atoms with Crippen LogP contribution in [0.5, 0.6) is 11.5 Å². The van der Waals surface area contributed by atoms with Crippen LogP contribution in [0.1, 0.15) is 15.9 Å². The molecule has 2 N–H and O–H groups in total. The molecule has 1 unspecified atom stereocenters. The van der Waals surface area contributed by atoms with Crippen LogP contribution >= 0.6 is 0 Å². The molecule has 1 aliphatic heterocycles. The third-order valence-electron chi connectivity index (χ3n) is 3.03. The van der Waals surface area contributed by atoms with Crippen molar-refractivity contribution < 1.29 is 19.4 Å². The summed E-state index contributed by atoms with van der Waals surface area (Å²) in [5.74, 6) is 0.364. The summed E-state index contributed by atoms with van der Waals surface area (Å²) in [7, 11) is 1.46. The van der Waals surface area contributed by atoms with Crippen LogP contribution in [0.15, 0.2) is 12.1 Å². The molecule has 5 nitrogen and oxygen atoms in total. The number of aldehydes is 1. The summed E-state index contributed by atoms with van der Waals surface area (Å²) >= 11 is 0. The van der Waals surface area contributed by atoms with Crippen molar-refractivity contribution in [1.82, 2.24) is 5.32 Å². The molecule has 2 rings (SSSR count). The van der Waals surface area contributed by atoms with E-state index in [2.05, 4.69) is 5.32 Å². The minimum Gasteiger partial charge on any atom is -0.504 e. The predicted octanol–water partition coefficient (Wildman–Crippen LogP) is 0.744. The SMILES string of the molecule is COc1cc(C=O)c(CC2COCCN2)cc1O. The van der Waals surface area contributed by atoms with Gasteiger partial charge in [-0.1, -0.05) is 0 Å². The van der Waals surface area contributed by atoms with Gasteiger partial charge in [-0.05, 0) is 24.1 Å². The molecule has 0 amide bonds.